The first-order valence-electron chi connectivity index (χ1n) is 5.32. The summed E-state index contributed by atoms with van der Waals surface area (Å²) in [5.74, 6) is -0.980. The number of nitrogens with one attached hydrogen (secondary N) is 1. The number of hydrogen-bond donors (Lipinski definition) is 2. The van der Waals surface area contributed by atoms with Gasteiger partial charge in [-0.05, 0) is 13.1 Å². The summed E-state index contributed by atoms with van der Waals surface area (Å²) in [5, 5.41) is 12.6. The van der Waals surface area contributed by atoms with Gasteiger partial charge >= 0.3 is 5.97 Å². The number of thiazole rings is 1. The zero-order valence-corrected chi connectivity index (χ0v) is 10.4. The molecule has 0 fully saturated rings. The molecule has 90 valence electrons. The second-order valence-electron chi connectivity index (χ2n) is 3.29. The van der Waals surface area contributed by atoms with Crippen LogP contribution in [-0.4, -0.2) is 47.1 Å². The van der Waals surface area contributed by atoms with Gasteiger partial charge in [-0.2, -0.15) is 0 Å². The zero-order chi connectivity index (χ0) is 12.0. The maximum Gasteiger partial charge on any atom is 0.357 e. The van der Waals surface area contributed by atoms with Crippen molar-refractivity contribution in [2.45, 2.75) is 13.8 Å². The average molecular weight is 243 g/mol. The number of carboxylic acid groups (broad SMARTS) is 1. The SMILES string of the molecule is CCN(CC)CCNc1scnc1C(=O)O. The van der Waals surface area contributed by atoms with E-state index in [0.717, 1.165) is 26.2 Å². The molecule has 0 aliphatic rings. The molecule has 1 rings (SSSR count). The van der Waals surface area contributed by atoms with Gasteiger partial charge in [0.2, 0.25) is 0 Å². The van der Waals surface area contributed by atoms with Crippen molar-refractivity contribution in [3.63, 3.8) is 0 Å². The van der Waals surface area contributed by atoms with Gasteiger partial charge in [0.1, 0.15) is 5.00 Å². The lowest BCUT2D eigenvalue weighted by Gasteiger charge is -2.17. The van der Waals surface area contributed by atoms with Crippen LogP contribution in [-0.2, 0) is 0 Å². The minimum absolute atomic E-state index is 0.115. The van der Waals surface area contributed by atoms with Gasteiger partial charge in [0, 0.05) is 13.1 Å². The van der Waals surface area contributed by atoms with Crippen LogP contribution < -0.4 is 5.32 Å². The van der Waals surface area contributed by atoms with Gasteiger partial charge in [0.15, 0.2) is 5.69 Å². The lowest BCUT2D eigenvalue weighted by molar-refractivity contribution is 0.0692. The minimum Gasteiger partial charge on any atom is -0.476 e. The van der Waals surface area contributed by atoms with Crippen molar-refractivity contribution in [3.8, 4) is 0 Å². The van der Waals surface area contributed by atoms with E-state index in [1.807, 2.05) is 0 Å². The lowest BCUT2D eigenvalue weighted by atomic mass is 10.4. The minimum atomic E-state index is -0.980. The molecule has 0 bridgehead atoms. The lowest BCUT2D eigenvalue weighted by Crippen LogP contribution is -2.28. The summed E-state index contributed by atoms with van der Waals surface area (Å²) in [4.78, 5) is 16.9. The van der Waals surface area contributed by atoms with Gasteiger partial charge in [-0.25, -0.2) is 9.78 Å². The van der Waals surface area contributed by atoms with Gasteiger partial charge in [-0.1, -0.05) is 13.8 Å². The van der Waals surface area contributed by atoms with E-state index in [-0.39, 0.29) is 5.69 Å². The van der Waals surface area contributed by atoms with Crippen LogP contribution in [0.4, 0.5) is 5.00 Å². The topological polar surface area (TPSA) is 65.5 Å². The Morgan fingerprint density at radius 3 is 2.81 bits per heavy atom. The van der Waals surface area contributed by atoms with Crippen LogP contribution in [0.1, 0.15) is 24.3 Å². The first kappa shape index (κ1) is 12.9. The number of aromatic carboxylic acids is 1. The maximum absolute atomic E-state index is 10.8. The van der Waals surface area contributed by atoms with Crippen LogP contribution >= 0.6 is 11.3 Å². The first-order valence-corrected chi connectivity index (χ1v) is 6.20. The summed E-state index contributed by atoms with van der Waals surface area (Å²) >= 11 is 1.32. The van der Waals surface area contributed by atoms with Gasteiger partial charge in [0.05, 0.1) is 5.51 Å². The molecule has 0 aliphatic carbocycles. The fourth-order valence-corrected chi connectivity index (χ4v) is 2.09. The molecule has 0 unspecified atom stereocenters. The van der Waals surface area contributed by atoms with E-state index in [1.165, 1.54) is 11.3 Å². The molecule has 0 saturated heterocycles. The fraction of sp³-hybridized carbons (Fsp3) is 0.600. The molecule has 5 nitrogen and oxygen atoms in total. The van der Waals surface area contributed by atoms with Crippen molar-refractivity contribution in [1.82, 2.24) is 9.88 Å². The molecule has 2 N–H and O–H groups in total. The molecule has 0 saturated carbocycles. The van der Waals surface area contributed by atoms with Gasteiger partial charge in [-0.3, -0.25) is 0 Å². The molecule has 0 radical (unpaired) electrons. The largest absolute Gasteiger partial charge is 0.476 e. The smallest absolute Gasteiger partial charge is 0.357 e. The number of aromatic nitrogens is 1. The van der Waals surface area contributed by atoms with Crippen LogP contribution in [0.15, 0.2) is 5.51 Å². The third-order valence-corrected chi connectivity index (χ3v) is 3.16. The highest BCUT2D eigenvalue weighted by Crippen LogP contribution is 2.19. The number of hydrogen-bond acceptors (Lipinski definition) is 5. The van der Waals surface area contributed by atoms with E-state index in [0.29, 0.717) is 5.00 Å². The Kier molecular flexibility index (Phi) is 5.21. The first-order chi connectivity index (χ1) is 7.69. The third kappa shape index (κ3) is 3.46. The van der Waals surface area contributed by atoms with Gasteiger partial charge < -0.3 is 15.3 Å². The molecular weight excluding hydrogens is 226 g/mol. The molecule has 0 amide bonds. The van der Waals surface area contributed by atoms with Crippen LogP contribution in [0.2, 0.25) is 0 Å². The van der Waals surface area contributed by atoms with Crippen LogP contribution in [0.3, 0.4) is 0 Å². The number of nitrogens with zero attached hydrogens (tertiary/aromatic N) is 2. The molecule has 0 aromatic carbocycles. The zero-order valence-electron chi connectivity index (χ0n) is 9.56. The Hall–Kier alpha value is -1.14. The number of anilines is 1. The fourth-order valence-electron chi connectivity index (χ4n) is 1.39. The Morgan fingerprint density at radius 1 is 1.56 bits per heavy atom. The molecular formula is C10H17N3O2S. The molecule has 0 aliphatic heterocycles. The molecule has 16 heavy (non-hydrogen) atoms. The highest BCUT2D eigenvalue weighted by Gasteiger charge is 2.12. The maximum atomic E-state index is 10.8. The van der Waals surface area contributed by atoms with Crippen LogP contribution in [0.5, 0.6) is 0 Å². The third-order valence-electron chi connectivity index (χ3n) is 2.38. The molecule has 0 spiro atoms. The molecule has 0 atom stereocenters. The summed E-state index contributed by atoms with van der Waals surface area (Å²) in [5.41, 5.74) is 1.66. The van der Waals surface area contributed by atoms with Crippen molar-refractivity contribution in [3.05, 3.63) is 11.2 Å². The van der Waals surface area contributed by atoms with E-state index < -0.39 is 5.97 Å². The Bertz CT molecular complexity index is 337. The van der Waals surface area contributed by atoms with Crippen molar-refractivity contribution in [1.29, 1.82) is 0 Å². The van der Waals surface area contributed by atoms with Crippen molar-refractivity contribution in [2.24, 2.45) is 0 Å². The van der Waals surface area contributed by atoms with Crippen molar-refractivity contribution < 1.29 is 9.90 Å². The van der Waals surface area contributed by atoms with Gasteiger partial charge in [0.25, 0.3) is 0 Å². The predicted octanol–water partition coefficient (Wildman–Crippen LogP) is 1.59. The normalized spacial score (nSPS) is 10.7. The van der Waals surface area contributed by atoms with Crippen molar-refractivity contribution >= 4 is 22.3 Å². The molecule has 1 aromatic rings. The highest BCUT2D eigenvalue weighted by molar-refractivity contribution is 7.14. The summed E-state index contributed by atoms with van der Waals surface area (Å²) < 4.78 is 0. The monoisotopic (exact) mass is 243 g/mol. The Balaban J connectivity index is 2.42. The molecule has 6 heteroatoms. The quantitative estimate of drug-likeness (QED) is 0.761. The van der Waals surface area contributed by atoms with E-state index in [2.05, 4.69) is 29.0 Å². The van der Waals surface area contributed by atoms with E-state index >= 15 is 0 Å². The Morgan fingerprint density at radius 2 is 2.25 bits per heavy atom. The summed E-state index contributed by atoms with van der Waals surface area (Å²) in [6, 6.07) is 0. The number of carboxylic acids is 1. The highest BCUT2D eigenvalue weighted by atomic mass is 32.1. The Labute approximate surface area is 99.1 Å². The van der Waals surface area contributed by atoms with E-state index in [1.54, 1.807) is 5.51 Å². The van der Waals surface area contributed by atoms with Gasteiger partial charge in [-0.15, -0.1) is 11.3 Å². The second-order valence-corrected chi connectivity index (χ2v) is 4.14. The van der Waals surface area contributed by atoms with Crippen LogP contribution in [0.25, 0.3) is 0 Å². The number of carbonyl (C=O) groups is 1. The summed E-state index contributed by atoms with van der Waals surface area (Å²) in [6.45, 7) is 7.88. The summed E-state index contributed by atoms with van der Waals surface area (Å²) in [6.07, 6.45) is 0. The molecule has 1 heterocycles. The van der Waals surface area contributed by atoms with Crippen molar-refractivity contribution in [2.75, 3.05) is 31.5 Å². The second kappa shape index (κ2) is 6.44. The van der Waals surface area contributed by atoms with E-state index in [9.17, 15) is 4.79 Å². The predicted molar refractivity (Wildman–Crippen MR) is 65.4 cm³/mol. The standard InChI is InChI=1S/C10H17N3O2S/c1-3-13(4-2)6-5-11-9-8(10(14)15)12-7-16-9/h7,11H,3-6H2,1-2H3,(H,14,15). The molecule has 1 aromatic heterocycles. The number of likely N-dealkylation sites (N-methyl/N-ethyl adjacent to an activating group) is 1. The average Bonchev–Trinajstić information content (AvgIpc) is 2.72. The van der Waals surface area contributed by atoms with Crippen LogP contribution in [0, 0.1) is 0 Å². The summed E-state index contributed by atoms with van der Waals surface area (Å²) in [7, 11) is 0. The number of rotatable bonds is 7. The van der Waals surface area contributed by atoms with E-state index in [4.69, 9.17) is 5.11 Å².